The Bertz CT molecular complexity index is 762. The topological polar surface area (TPSA) is 106 Å². The third-order valence-corrected chi connectivity index (χ3v) is 5.18. The summed E-state index contributed by atoms with van der Waals surface area (Å²) < 4.78 is 10.1. The molecule has 0 unspecified atom stereocenters. The van der Waals surface area contributed by atoms with Gasteiger partial charge in [0, 0.05) is 57.0 Å². The molecule has 2 aromatic rings. The molecule has 0 spiro atoms. The van der Waals surface area contributed by atoms with Crippen molar-refractivity contribution in [2.24, 2.45) is 5.73 Å². The van der Waals surface area contributed by atoms with E-state index in [0.717, 1.165) is 67.9 Å². The Morgan fingerprint density at radius 1 is 1.11 bits per heavy atom. The van der Waals surface area contributed by atoms with Gasteiger partial charge in [0.05, 0.1) is 0 Å². The number of anilines is 2. The van der Waals surface area contributed by atoms with Gasteiger partial charge in [0.15, 0.2) is 11.6 Å². The molecular formula is C17H27Cl2N7O2. The molecule has 9 nitrogen and oxygen atoms in total. The smallest absolute Gasteiger partial charge is 0.196 e. The number of aryl methyl sites for hydroxylation is 1. The molecule has 2 aliphatic rings. The first-order valence-electron chi connectivity index (χ1n) is 9.05. The van der Waals surface area contributed by atoms with E-state index in [9.17, 15) is 0 Å². The zero-order chi connectivity index (χ0) is 18.1. The summed E-state index contributed by atoms with van der Waals surface area (Å²) in [5, 5.41) is 7.87. The van der Waals surface area contributed by atoms with Gasteiger partial charge in [-0.3, -0.25) is 0 Å². The third kappa shape index (κ3) is 4.65. The maximum absolute atomic E-state index is 5.95. The number of methoxy groups -OCH3 is 1. The molecule has 3 heterocycles. The Labute approximate surface area is 176 Å². The van der Waals surface area contributed by atoms with Crippen molar-refractivity contribution in [1.82, 2.24) is 20.3 Å². The quantitative estimate of drug-likeness (QED) is 0.755. The number of piperazine rings is 1. The molecular weight excluding hydrogens is 405 g/mol. The number of hydrogen-bond acceptors (Lipinski definition) is 9. The maximum atomic E-state index is 5.95. The minimum absolute atomic E-state index is 0. The molecule has 0 aromatic carbocycles. The standard InChI is InChI=1S/C17H25N7O2.2ClH/c1-11-17(22-26-21-11)24-5-3-23(4-6-24)16-9-14(12-7-13(18)8-12)19-15(20-16)10-25-2;;/h9,12-13H,3-8,10,18H2,1-2H3;2*1H. The second-order valence-electron chi connectivity index (χ2n) is 7.08. The van der Waals surface area contributed by atoms with E-state index >= 15 is 0 Å². The van der Waals surface area contributed by atoms with Crippen molar-refractivity contribution in [3.05, 3.63) is 23.3 Å². The zero-order valence-corrected chi connectivity index (χ0v) is 17.7. The van der Waals surface area contributed by atoms with E-state index in [1.54, 1.807) is 7.11 Å². The fourth-order valence-corrected chi connectivity index (χ4v) is 3.63. The largest absolute Gasteiger partial charge is 0.377 e. The van der Waals surface area contributed by atoms with Crippen molar-refractivity contribution in [2.75, 3.05) is 43.1 Å². The molecule has 1 aliphatic carbocycles. The van der Waals surface area contributed by atoms with E-state index in [2.05, 4.69) is 31.2 Å². The Hall–Kier alpha value is -1.68. The lowest BCUT2D eigenvalue weighted by molar-refractivity contribution is 0.177. The van der Waals surface area contributed by atoms with E-state index in [1.807, 2.05) is 6.92 Å². The molecule has 2 aromatic heterocycles. The fourth-order valence-electron chi connectivity index (χ4n) is 3.63. The minimum atomic E-state index is 0. The number of halogens is 2. The second kappa shape index (κ2) is 9.69. The van der Waals surface area contributed by atoms with Crippen LogP contribution in [0.5, 0.6) is 0 Å². The van der Waals surface area contributed by atoms with Crippen LogP contribution >= 0.6 is 24.8 Å². The van der Waals surface area contributed by atoms with E-state index in [1.165, 1.54) is 0 Å². The van der Waals surface area contributed by atoms with E-state index in [-0.39, 0.29) is 24.8 Å². The van der Waals surface area contributed by atoms with Crippen LogP contribution in [-0.2, 0) is 11.3 Å². The highest BCUT2D eigenvalue weighted by atomic mass is 35.5. The number of ether oxygens (including phenoxy) is 1. The monoisotopic (exact) mass is 431 g/mol. The van der Waals surface area contributed by atoms with Crippen LogP contribution in [0, 0.1) is 6.92 Å². The number of hydrogen-bond donors (Lipinski definition) is 1. The van der Waals surface area contributed by atoms with Crippen LogP contribution in [0.4, 0.5) is 11.6 Å². The molecule has 4 rings (SSSR count). The Kier molecular flexibility index (Phi) is 7.82. The van der Waals surface area contributed by atoms with Crippen LogP contribution in [0.2, 0.25) is 0 Å². The summed E-state index contributed by atoms with van der Waals surface area (Å²) >= 11 is 0. The maximum Gasteiger partial charge on any atom is 0.196 e. The highest BCUT2D eigenvalue weighted by Crippen LogP contribution is 2.35. The third-order valence-electron chi connectivity index (χ3n) is 5.18. The first-order chi connectivity index (χ1) is 12.6. The molecule has 0 radical (unpaired) electrons. The summed E-state index contributed by atoms with van der Waals surface area (Å²) in [5.74, 6) is 2.97. The van der Waals surface area contributed by atoms with Crippen LogP contribution < -0.4 is 15.5 Å². The molecule has 1 saturated heterocycles. The van der Waals surface area contributed by atoms with Gasteiger partial charge in [0.25, 0.3) is 0 Å². The second-order valence-corrected chi connectivity index (χ2v) is 7.08. The summed E-state index contributed by atoms with van der Waals surface area (Å²) in [6.07, 6.45) is 1.99. The number of rotatable bonds is 5. The van der Waals surface area contributed by atoms with Crippen molar-refractivity contribution in [3.63, 3.8) is 0 Å². The summed E-state index contributed by atoms with van der Waals surface area (Å²) in [7, 11) is 1.67. The first kappa shape index (κ1) is 22.6. The Morgan fingerprint density at radius 3 is 2.36 bits per heavy atom. The van der Waals surface area contributed by atoms with Crippen LogP contribution in [-0.4, -0.2) is 59.6 Å². The molecule has 2 N–H and O–H groups in total. The molecule has 1 saturated carbocycles. The summed E-state index contributed by atoms with van der Waals surface area (Å²) in [4.78, 5) is 13.9. The van der Waals surface area contributed by atoms with Gasteiger partial charge in [-0.1, -0.05) is 5.16 Å². The van der Waals surface area contributed by atoms with E-state index < -0.39 is 0 Å². The number of aromatic nitrogens is 4. The predicted octanol–water partition coefficient (Wildman–Crippen LogP) is 1.69. The lowest BCUT2D eigenvalue weighted by Crippen LogP contribution is -2.47. The lowest BCUT2D eigenvalue weighted by Gasteiger charge is -2.36. The van der Waals surface area contributed by atoms with Gasteiger partial charge in [-0.05, 0) is 24.9 Å². The van der Waals surface area contributed by atoms with Crippen molar-refractivity contribution in [1.29, 1.82) is 0 Å². The predicted molar refractivity (Wildman–Crippen MR) is 111 cm³/mol. The van der Waals surface area contributed by atoms with Crippen molar-refractivity contribution < 1.29 is 9.37 Å². The first-order valence-corrected chi connectivity index (χ1v) is 9.05. The summed E-state index contributed by atoms with van der Waals surface area (Å²) in [6.45, 7) is 5.75. The summed E-state index contributed by atoms with van der Waals surface area (Å²) in [5.41, 5.74) is 7.87. The SMILES string of the molecule is COCc1nc(C2CC(N)C2)cc(N2CCN(c3nonc3C)CC2)n1.Cl.Cl. The summed E-state index contributed by atoms with van der Waals surface area (Å²) in [6, 6.07) is 2.42. The van der Waals surface area contributed by atoms with Gasteiger partial charge in [0.2, 0.25) is 0 Å². The van der Waals surface area contributed by atoms with Gasteiger partial charge < -0.3 is 20.3 Å². The van der Waals surface area contributed by atoms with Gasteiger partial charge in [-0.2, -0.15) is 0 Å². The van der Waals surface area contributed by atoms with Crippen molar-refractivity contribution >= 4 is 36.4 Å². The highest BCUT2D eigenvalue weighted by molar-refractivity contribution is 5.85. The van der Waals surface area contributed by atoms with Gasteiger partial charge in [-0.25, -0.2) is 14.6 Å². The van der Waals surface area contributed by atoms with Crippen molar-refractivity contribution in [3.8, 4) is 0 Å². The van der Waals surface area contributed by atoms with Gasteiger partial charge in [0.1, 0.15) is 18.1 Å². The molecule has 11 heteroatoms. The van der Waals surface area contributed by atoms with Crippen LogP contribution in [0.15, 0.2) is 10.7 Å². The Morgan fingerprint density at radius 2 is 1.79 bits per heavy atom. The minimum Gasteiger partial charge on any atom is -0.377 e. The number of nitrogens with two attached hydrogens (primary N) is 1. The molecule has 28 heavy (non-hydrogen) atoms. The van der Waals surface area contributed by atoms with Gasteiger partial charge in [-0.15, -0.1) is 24.8 Å². The van der Waals surface area contributed by atoms with Crippen molar-refractivity contribution in [2.45, 2.75) is 38.3 Å². The zero-order valence-electron chi connectivity index (χ0n) is 16.1. The average molecular weight is 432 g/mol. The van der Waals surface area contributed by atoms with Crippen LogP contribution in [0.3, 0.4) is 0 Å². The fraction of sp³-hybridized carbons (Fsp3) is 0.647. The highest BCUT2D eigenvalue weighted by Gasteiger charge is 2.30. The van der Waals surface area contributed by atoms with E-state index in [4.69, 9.17) is 20.1 Å². The normalized spacial score (nSPS) is 21.5. The van der Waals surface area contributed by atoms with Crippen LogP contribution in [0.25, 0.3) is 0 Å². The van der Waals surface area contributed by atoms with Gasteiger partial charge >= 0.3 is 0 Å². The van der Waals surface area contributed by atoms with Crippen LogP contribution in [0.1, 0.15) is 36.0 Å². The van der Waals surface area contributed by atoms with E-state index in [0.29, 0.717) is 18.6 Å². The number of nitrogens with zero attached hydrogens (tertiary/aromatic N) is 6. The Balaban J connectivity index is 0.00000140. The molecule has 0 amide bonds. The molecule has 0 atom stereocenters. The molecule has 2 fully saturated rings. The lowest BCUT2D eigenvalue weighted by atomic mass is 9.78. The molecule has 0 bridgehead atoms. The average Bonchev–Trinajstić information content (AvgIpc) is 3.05. The molecule has 156 valence electrons. The molecule has 1 aliphatic heterocycles.